The van der Waals surface area contributed by atoms with E-state index in [-0.39, 0.29) is 0 Å². The summed E-state index contributed by atoms with van der Waals surface area (Å²) in [6, 6.07) is 2.73. The predicted octanol–water partition coefficient (Wildman–Crippen LogP) is 3.86. The summed E-state index contributed by atoms with van der Waals surface area (Å²) < 4.78 is 6.07. The van der Waals surface area contributed by atoms with Crippen molar-refractivity contribution in [2.45, 2.75) is 26.8 Å². The molecule has 0 spiro atoms. The number of hydrogen-bond donors (Lipinski definition) is 2. The summed E-state index contributed by atoms with van der Waals surface area (Å²) in [7, 11) is 1.52. The minimum atomic E-state index is -0.903. The van der Waals surface area contributed by atoms with Crippen LogP contribution in [-0.4, -0.2) is 24.2 Å². The zero-order valence-corrected chi connectivity index (χ0v) is 14.2. The molecule has 0 fully saturated rings. The molecule has 0 aromatic heterocycles. The number of hydrogen-bond acceptors (Lipinski definition) is 3. The molecule has 4 nitrogen and oxygen atoms in total. The third-order valence-electron chi connectivity index (χ3n) is 2.66. The van der Waals surface area contributed by atoms with Crippen LogP contribution in [0.1, 0.15) is 20.8 Å². The van der Waals surface area contributed by atoms with Crippen LogP contribution in [-0.2, 0) is 4.79 Å². The van der Waals surface area contributed by atoms with Crippen molar-refractivity contribution in [3.05, 3.63) is 20.7 Å². The second-order valence-corrected chi connectivity index (χ2v) is 6.82. The van der Waals surface area contributed by atoms with Crippen LogP contribution in [0.2, 0.25) is 5.02 Å². The van der Waals surface area contributed by atoms with Crippen LogP contribution in [0.15, 0.2) is 12.1 Å². The minimum absolute atomic E-state index is 0.429. The minimum Gasteiger partial charge on any atom is -0.495 e. The molecular weight excluding hydrogens is 381 g/mol. The molecule has 0 amide bonds. The van der Waals surface area contributed by atoms with E-state index in [9.17, 15) is 9.90 Å². The molecule has 2 N–H and O–H groups in total. The Balaban J connectivity index is 3.16. The molecule has 0 radical (unpaired) electrons. The van der Waals surface area contributed by atoms with Crippen LogP contribution >= 0.6 is 34.2 Å². The summed E-state index contributed by atoms with van der Waals surface area (Å²) in [5.41, 5.74) is 0.195. The van der Waals surface area contributed by atoms with Crippen LogP contribution in [0.4, 0.5) is 5.69 Å². The molecule has 0 heterocycles. The first-order chi connectivity index (χ1) is 8.66. The second kappa shape index (κ2) is 6.17. The van der Waals surface area contributed by atoms with Gasteiger partial charge in [-0.15, -0.1) is 0 Å². The summed E-state index contributed by atoms with van der Waals surface area (Å²) in [6.07, 6.45) is 0. The number of anilines is 1. The van der Waals surface area contributed by atoms with E-state index < -0.39 is 17.4 Å². The summed E-state index contributed by atoms with van der Waals surface area (Å²) in [5.74, 6) is -0.375. The van der Waals surface area contributed by atoms with Gasteiger partial charge in [-0.25, -0.2) is 4.79 Å². The number of methoxy groups -OCH3 is 1. The fourth-order valence-electron chi connectivity index (χ4n) is 1.61. The lowest BCUT2D eigenvalue weighted by atomic mass is 9.86. The van der Waals surface area contributed by atoms with Crippen molar-refractivity contribution in [1.29, 1.82) is 0 Å². The van der Waals surface area contributed by atoms with Crippen LogP contribution < -0.4 is 10.1 Å². The molecule has 1 atom stereocenters. The van der Waals surface area contributed by atoms with Crippen LogP contribution in [0.25, 0.3) is 0 Å². The SMILES string of the molecule is COc1cc(Cl)c(I)cc1NC(C(=O)O)C(C)(C)C. The van der Waals surface area contributed by atoms with E-state index in [1.54, 1.807) is 12.1 Å². The van der Waals surface area contributed by atoms with Gasteiger partial charge in [0.1, 0.15) is 11.8 Å². The number of carboxylic acids is 1. The van der Waals surface area contributed by atoms with E-state index in [4.69, 9.17) is 16.3 Å². The van der Waals surface area contributed by atoms with Gasteiger partial charge < -0.3 is 15.2 Å². The van der Waals surface area contributed by atoms with Gasteiger partial charge >= 0.3 is 5.97 Å². The molecule has 1 aromatic rings. The lowest BCUT2D eigenvalue weighted by Gasteiger charge is -2.29. The Kier molecular flexibility index (Phi) is 5.32. The molecule has 0 saturated heterocycles. The second-order valence-electron chi connectivity index (χ2n) is 5.25. The maximum Gasteiger partial charge on any atom is 0.326 e. The highest BCUT2D eigenvalue weighted by atomic mass is 127. The highest BCUT2D eigenvalue weighted by molar-refractivity contribution is 14.1. The Labute approximate surface area is 131 Å². The maximum atomic E-state index is 11.4. The zero-order valence-electron chi connectivity index (χ0n) is 11.3. The smallest absolute Gasteiger partial charge is 0.326 e. The van der Waals surface area contributed by atoms with Crippen molar-refractivity contribution in [2.24, 2.45) is 5.41 Å². The summed E-state index contributed by atoms with van der Waals surface area (Å²) >= 11 is 8.12. The molecule has 19 heavy (non-hydrogen) atoms. The van der Waals surface area contributed by atoms with E-state index in [1.807, 2.05) is 20.8 Å². The average Bonchev–Trinajstić information content (AvgIpc) is 2.27. The fraction of sp³-hybridized carbons (Fsp3) is 0.462. The molecule has 6 heteroatoms. The molecule has 0 aliphatic carbocycles. The van der Waals surface area contributed by atoms with Crippen molar-refractivity contribution in [3.8, 4) is 5.75 Å². The quantitative estimate of drug-likeness (QED) is 0.758. The largest absolute Gasteiger partial charge is 0.495 e. The number of rotatable bonds is 4. The number of ether oxygens (including phenoxy) is 1. The molecule has 0 aliphatic heterocycles. The van der Waals surface area contributed by atoms with Crippen molar-refractivity contribution >= 4 is 45.8 Å². The van der Waals surface area contributed by atoms with Gasteiger partial charge in [0.25, 0.3) is 0 Å². The third-order valence-corrected chi connectivity index (χ3v) is 4.18. The van der Waals surface area contributed by atoms with Gasteiger partial charge in [-0.3, -0.25) is 0 Å². The zero-order chi connectivity index (χ0) is 14.8. The van der Waals surface area contributed by atoms with Gasteiger partial charge in [0.05, 0.1) is 17.8 Å². The standard InChI is InChI=1S/C13H17ClINO3/c1-13(2,3)11(12(17)18)16-9-6-8(15)7(14)5-10(9)19-4/h5-6,11,16H,1-4H3,(H,17,18). The fourth-order valence-corrected chi connectivity index (χ4v) is 2.24. The first kappa shape index (κ1) is 16.4. The Morgan fingerprint density at radius 3 is 2.47 bits per heavy atom. The monoisotopic (exact) mass is 397 g/mol. The van der Waals surface area contributed by atoms with Crippen LogP contribution in [0.5, 0.6) is 5.75 Å². The van der Waals surface area contributed by atoms with Crippen molar-refractivity contribution in [1.82, 2.24) is 0 Å². The van der Waals surface area contributed by atoms with Gasteiger partial charge in [-0.05, 0) is 34.1 Å². The number of carboxylic acid groups (broad SMARTS) is 1. The van der Waals surface area contributed by atoms with E-state index in [2.05, 4.69) is 27.9 Å². The van der Waals surface area contributed by atoms with Crippen molar-refractivity contribution < 1.29 is 14.6 Å². The summed E-state index contributed by atoms with van der Waals surface area (Å²) in [5, 5.41) is 12.9. The Morgan fingerprint density at radius 2 is 2.05 bits per heavy atom. The normalized spacial score (nSPS) is 12.9. The van der Waals surface area contributed by atoms with Gasteiger partial charge in [-0.2, -0.15) is 0 Å². The molecule has 0 saturated carbocycles. The lowest BCUT2D eigenvalue weighted by Crippen LogP contribution is -2.41. The summed E-state index contributed by atoms with van der Waals surface area (Å²) in [6.45, 7) is 5.60. The van der Waals surface area contributed by atoms with E-state index >= 15 is 0 Å². The summed E-state index contributed by atoms with van der Waals surface area (Å²) in [4.78, 5) is 11.4. The Hall–Kier alpha value is -0.690. The number of carbonyl (C=O) groups is 1. The Morgan fingerprint density at radius 1 is 1.47 bits per heavy atom. The molecule has 1 unspecified atom stereocenters. The number of halogens is 2. The topological polar surface area (TPSA) is 58.6 Å². The van der Waals surface area contributed by atoms with Gasteiger partial charge in [0.15, 0.2) is 0 Å². The first-order valence-corrected chi connectivity index (χ1v) is 7.15. The first-order valence-electron chi connectivity index (χ1n) is 5.69. The average molecular weight is 398 g/mol. The molecule has 106 valence electrons. The highest BCUT2D eigenvalue weighted by Gasteiger charge is 2.31. The number of benzene rings is 1. The number of nitrogens with one attached hydrogen (secondary N) is 1. The van der Waals surface area contributed by atoms with Gasteiger partial charge in [0, 0.05) is 9.64 Å². The van der Waals surface area contributed by atoms with Crippen molar-refractivity contribution in [3.63, 3.8) is 0 Å². The van der Waals surface area contributed by atoms with Crippen LogP contribution in [0, 0.1) is 8.99 Å². The Bertz CT molecular complexity index is 486. The van der Waals surface area contributed by atoms with Gasteiger partial charge in [0.2, 0.25) is 0 Å². The maximum absolute atomic E-state index is 11.4. The lowest BCUT2D eigenvalue weighted by molar-refractivity contribution is -0.140. The highest BCUT2D eigenvalue weighted by Crippen LogP contribution is 2.34. The van der Waals surface area contributed by atoms with Gasteiger partial charge in [-0.1, -0.05) is 32.4 Å². The van der Waals surface area contributed by atoms with E-state index in [0.29, 0.717) is 16.5 Å². The molecule has 1 aromatic carbocycles. The van der Waals surface area contributed by atoms with E-state index in [0.717, 1.165) is 3.57 Å². The molecule has 0 bridgehead atoms. The van der Waals surface area contributed by atoms with E-state index in [1.165, 1.54) is 7.11 Å². The number of aliphatic carboxylic acids is 1. The third kappa shape index (κ3) is 4.14. The molecule has 0 aliphatic rings. The molecular formula is C13H17ClINO3. The predicted molar refractivity (Wildman–Crippen MR) is 85.2 cm³/mol. The van der Waals surface area contributed by atoms with Crippen LogP contribution in [0.3, 0.4) is 0 Å². The van der Waals surface area contributed by atoms with Crippen molar-refractivity contribution in [2.75, 3.05) is 12.4 Å². The molecule has 1 rings (SSSR count).